The van der Waals surface area contributed by atoms with Gasteiger partial charge in [0.05, 0.1) is 5.92 Å². The van der Waals surface area contributed by atoms with Crippen LogP contribution in [0.3, 0.4) is 0 Å². The molecule has 0 saturated carbocycles. The first-order valence-corrected chi connectivity index (χ1v) is 7.58. The second kappa shape index (κ2) is 9.16. The number of carboxylic acid groups (broad SMARTS) is 2. The smallest absolute Gasteiger partial charge is 0.310 e. The molecule has 1 aromatic carbocycles. The Balaban J connectivity index is 2.76. The molecule has 0 aliphatic heterocycles. The molecule has 1 aromatic rings. The summed E-state index contributed by atoms with van der Waals surface area (Å²) in [4.78, 5) is 22.0. The lowest BCUT2D eigenvalue weighted by atomic mass is 9.88. The van der Waals surface area contributed by atoms with Gasteiger partial charge in [0.1, 0.15) is 0 Å². The van der Waals surface area contributed by atoms with Crippen molar-refractivity contribution >= 4 is 11.9 Å². The molecule has 4 nitrogen and oxygen atoms in total. The van der Waals surface area contributed by atoms with Crippen molar-refractivity contribution in [2.75, 3.05) is 0 Å². The molecule has 0 heterocycles. The largest absolute Gasteiger partial charge is 0.481 e. The van der Waals surface area contributed by atoms with Crippen molar-refractivity contribution in [1.82, 2.24) is 0 Å². The molecule has 116 valence electrons. The van der Waals surface area contributed by atoms with E-state index in [0.717, 1.165) is 36.8 Å². The van der Waals surface area contributed by atoms with Crippen LogP contribution in [0.1, 0.15) is 62.5 Å². The van der Waals surface area contributed by atoms with E-state index in [1.165, 1.54) is 0 Å². The molecule has 0 radical (unpaired) electrons. The number of aliphatic carboxylic acids is 2. The van der Waals surface area contributed by atoms with Crippen molar-refractivity contribution in [2.24, 2.45) is 0 Å². The predicted octanol–water partition coefficient (Wildman–Crippen LogP) is 3.84. The van der Waals surface area contributed by atoms with Crippen molar-refractivity contribution in [3.05, 3.63) is 35.4 Å². The molecule has 0 aliphatic rings. The minimum atomic E-state index is -0.783. The summed E-state index contributed by atoms with van der Waals surface area (Å²) in [6.45, 7) is 2.05. The maximum atomic E-state index is 11.5. The summed E-state index contributed by atoms with van der Waals surface area (Å²) >= 11 is 0. The molecule has 0 fully saturated rings. The standard InChI is InChI=1S/C17H24O4/c1-2-3-10-15(17(20)21)14-11-6-4-8-13(14)9-5-7-12-16(18)19/h4,6,8,11,15H,2-3,5,7,9-10,12H2,1H3,(H,18,19)(H,20,21). The summed E-state index contributed by atoms with van der Waals surface area (Å²) in [5, 5.41) is 18.1. The number of hydrogen-bond acceptors (Lipinski definition) is 2. The molecular weight excluding hydrogens is 268 g/mol. The molecule has 0 aliphatic carbocycles. The van der Waals surface area contributed by atoms with Gasteiger partial charge in [-0.05, 0) is 36.8 Å². The van der Waals surface area contributed by atoms with Crippen molar-refractivity contribution in [1.29, 1.82) is 0 Å². The highest BCUT2D eigenvalue weighted by Crippen LogP contribution is 2.27. The van der Waals surface area contributed by atoms with Crippen molar-refractivity contribution in [3.63, 3.8) is 0 Å². The first-order valence-electron chi connectivity index (χ1n) is 7.58. The van der Waals surface area contributed by atoms with Gasteiger partial charge in [-0.25, -0.2) is 0 Å². The summed E-state index contributed by atoms with van der Waals surface area (Å²) in [5.41, 5.74) is 1.92. The molecule has 0 saturated heterocycles. The number of aryl methyl sites for hydroxylation is 1. The SMILES string of the molecule is CCCCC(C(=O)O)c1ccccc1CCCCC(=O)O. The van der Waals surface area contributed by atoms with E-state index < -0.39 is 17.9 Å². The van der Waals surface area contributed by atoms with Gasteiger partial charge in [0.15, 0.2) is 0 Å². The number of benzene rings is 1. The minimum absolute atomic E-state index is 0.167. The van der Waals surface area contributed by atoms with Gasteiger partial charge >= 0.3 is 11.9 Å². The molecular formula is C17H24O4. The average molecular weight is 292 g/mol. The van der Waals surface area contributed by atoms with E-state index in [0.29, 0.717) is 12.8 Å². The van der Waals surface area contributed by atoms with E-state index in [1.54, 1.807) is 0 Å². The maximum Gasteiger partial charge on any atom is 0.310 e. The van der Waals surface area contributed by atoms with Crippen molar-refractivity contribution in [3.8, 4) is 0 Å². The van der Waals surface area contributed by atoms with Crippen molar-refractivity contribution < 1.29 is 19.8 Å². The fraction of sp³-hybridized carbons (Fsp3) is 0.529. The van der Waals surface area contributed by atoms with Crippen molar-refractivity contribution in [2.45, 2.75) is 57.8 Å². The first kappa shape index (κ1) is 17.2. The Hall–Kier alpha value is -1.84. The highest BCUT2D eigenvalue weighted by Gasteiger charge is 2.21. The minimum Gasteiger partial charge on any atom is -0.481 e. The zero-order chi connectivity index (χ0) is 15.7. The second-order valence-corrected chi connectivity index (χ2v) is 5.33. The van der Waals surface area contributed by atoms with Gasteiger partial charge in [0, 0.05) is 6.42 Å². The van der Waals surface area contributed by atoms with Crippen LogP contribution in [0, 0.1) is 0 Å². The number of rotatable bonds is 10. The maximum absolute atomic E-state index is 11.5. The van der Waals surface area contributed by atoms with Crippen LogP contribution < -0.4 is 0 Å². The van der Waals surface area contributed by atoms with E-state index in [4.69, 9.17) is 5.11 Å². The summed E-state index contributed by atoms with van der Waals surface area (Å²) in [6.07, 6.45) is 4.81. The first-order chi connectivity index (χ1) is 10.1. The Morgan fingerprint density at radius 1 is 1.10 bits per heavy atom. The van der Waals surface area contributed by atoms with Crippen LogP contribution in [0.2, 0.25) is 0 Å². The number of carboxylic acids is 2. The quantitative estimate of drug-likeness (QED) is 0.642. The van der Waals surface area contributed by atoms with Gasteiger partial charge in [0.2, 0.25) is 0 Å². The molecule has 4 heteroatoms. The van der Waals surface area contributed by atoms with Crippen LogP contribution in [-0.4, -0.2) is 22.2 Å². The Morgan fingerprint density at radius 2 is 1.81 bits per heavy atom. The Labute approximate surface area is 125 Å². The fourth-order valence-electron chi connectivity index (χ4n) is 2.51. The lowest BCUT2D eigenvalue weighted by Gasteiger charge is -2.16. The van der Waals surface area contributed by atoms with Crippen LogP contribution in [0.5, 0.6) is 0 Å². The van der Waals surface area contributed by atoms with E-state index in [2.05, 4.69) is 6.92 Å². The highest BCUT2D eigenvalue weighted by atomic mass is 16.4. The van der Waals surface area contributed by atoms with Crippen LogP contribution in [0.25, 0.3) is 0 Å². The zero-order valence-electron chi connectivity index (χ0n) is 12.5. The second-order valence-electron chi connectivity index (χ2n) is 5.33. The van der Waals surface area contributed by atoms with E-state index in [1.807, 2.05) is 24.3 Å². The number of carbonyl (C=O) groups is 2. The van der Waals surface area contributed by atoms with Crippen LogP contribution in [0.4, 0.5) is 0 Å². The number of unbranched alkanes of at least 4 members (excludes halogenated alkanes) is 2. The summed E-state index contributed by atoms with van der Waals surface area (Å²) in [5.74, 6) is -2.02. The molecule has 1 atom stereocenters. The average Bonchev–Trinajstić information content (AvgIpc) is 2.44. The molecule has 0 spiro atoms. The normalized spacial score (nSPS) is 12.0. The molecule has 1 unspecified atom stereocenters. The zero-order valence-corrected chi connectivity index (χ0v) is 12.5. The molecule has 0 aromatic heterocycles. The third-order valence-corrected chi connectivity index (χ3v) is 3.66. The summed E-state index contributed by atoms with van der Waals surface area (Å²) in [7, 11) is 0. The molecule has 0 bridgehead atoms. The van der Waals surface area contributed by atoms with E-state index >= 15 is 0 Å². The third-order valence-electron chi connectivity index (χ3n) is 3.66. The fourth-order valence-corrected chi connectivity index (χ4v) is 2.51. The van der Waals surface area contributed by atoms with Crippen LogP contribution in [-0.2, 0) is 16.0 Å². The lowest BCUT2D eigenvalue weighted by molar-refractivity contribution is -0.139. The van der Waals surface area contributed by atoms with Crippen LogP contribution >= 0.6 is 0 Å². The van der Waals surface area contributed by atoms with E-state index in [-0.39, 0.29) is 6.42 Å². The number of hydrogen-bond donors (Lipinski definition) is 2. The predicted molar refractivity (Wildman–Crippen MR) is 81.5 cm³/mol. The topological polar surface area (TPSA) is 74.6 Å². The highest BCUT2D eigenvalue weighted by molar-refractivity contribution is 5.76. The summed E-state index contributed by atoms with van der Waals surface area (Å²) in [6, 6.07) is 7.63. The van der Waals surface area contributed by atoms with Gasteiger partial charge in [0.25, 0.3) is 0 Å². The monoisotopic (exact) mass is 292 g/mol. The molecule has 2 N–H and O–H groups in total. The van der Waals surface area contributed by atoms with Gasteiger partial charge in [-0.1, -0.05) is 44.0 Å². The third kappa shape index (κ3) is 5.98. The van der Waals surface area contributed by atoms with E-state index in [9.17, 15) is 14.7 Å². The van der Waals surface area contributed by atoms with Gasteiger partial charge in [-0.15, -0.1) is 0 Å². The summed E-state index contributed by atoms with van der Waals surface area (Å²) < 4.78 is 0. The molecule has 1 rings (SSSR count). The van der Waals surface area contributed by atoms with Gasteiger partial charge in [-0.2, -0.15) is 0 Å². The van der Waals surface area contributed by atoms with Gasteiger partial charge < -0.3 is 10.2 Å². The molecule has 21 heavy (non-hydrogen) atoms. The Kier molecular flexibility index (Phi) is 7.51. The van der Waals surface area contributed by atoms with Gasteiger partial charge in [-0.3, -0.25) is 9.59 Å². The lowest BCUT2D eigenvalue weighted by Crippen LogP contribution is -2.13. The molecule has 0 amide bonds. The van der Waals surface area contributed by atoms with Crippen LogP contribution in [0.15, 0.2) is 24.3 Å². The Morgan fingerprint density at radius 3 is 2.43 bits per heavy atom. The Bertz CT molecular complexity index is 468.